The van der Waals surface area contributed by atoms with Gasteiger partial charge in [-0.3, -0.25) is 0 Å². The maximum atomic E-state index is 12.7. The van der Waals surface area contributed by atoms with Crippen molar-refractivity contribution in [2.45, 2.75) is 25.1 Å². The van der Waals surface area contributed by atoms with Crippen LogP contribution in [0.4, 0.5) is 19.0 Å². The molecule has 2 heterocycles. The molecule has 0 spiro atoms. The number of aromatic nitrogens is 1. The Kier molecular flexibility index (Phi) is 4.82. The number of nitrogens with zero attached hydrogens (tertiary/aromatic N) is 2. The van der Waals surface area contributed by atoms with E-state index in [0.29, 0.717) is 6.54 Å². The molecule has 0 aromatic carbocycles. The minimum absolute atomic E-state index is 0.120. The first-order chi connectivity index (χ1) is 9.50. The van der Waals surface area contributed by atoms with Crippen LogP contribution in [0.1, 0.15) is 18.4 Å². The van der Waals surface area contributed by atoms with E-state index in [2.05, 4.69) is 10.3 Å². The SMILES string of the molecule is OCCN(CC1CCCN1)c1cc(C(F)(F)F)ccn1. The summed E-state index contributed by atoms with van der Waals surface area (Å²) in [6.45, 7) is 1.62. The highest BCUT2D eigenvalue weighted by Gasteiger charge is 2.31. The Balaban J connectivity index is 2.15. The number of aliphatic hydroxyl groups excluding tert-OH is 1. The van der Waals surface area contributed by atoms with E-state index in [-0.39, 0.29) is 25.0 Å². The van der Waals surface area contributed by atoms with Crippen molar-refractivity contribution in [3.8, 4) is 0 Å². The Morgan fingerprint density at radius 1 is 1.45 bits per heavy atom. The van der Waals surface area contributed by atoms with Crippen LogP contribution in [0.2, 0.25) is 0 Å². The molecule has 4 nitrogen and oxygen atoms in total. The quantitative estimate of drug-likeness (QED) is 0.865. The standard InChI is InChI=1S/C13H18F3N3O/c14-13(15,16)10-3-5-18-12(8-10)19(6-7-20)9-11-2-1-4-17-11/h3,5,8,11,17,20H,1-2,4,6-7,9H2. The van der Waals surface area contributed by atoms with Crippen molar-refractivity contribution in [1.29, 1.82) is 0 Å². The zero-order valence-electron chi connectivity index (χ0n) is 11.0. The van der Waals surface area contributed by atoms with E-state index >= 15 is 0 Å². The first kappa shape index (κ1) is 15.1. The molecule has 2 N–H and O–H groups in total. The Morgan fingerprint density at radius 3 is 2.85 bits per heavy atom. The van der Waals surface area contributed by atoms with Gasteiger partial charge in [0.05, 0.1) is 12.2 Å². The zero-order valence-corrected chi connectivity index (χ0v) is 11.0. The number of aliphatic hydroxyl groups is 1. The van der Waals surface area contributed by atoms with Crippen molar-refractivity contribution in [2.24, 2.45) is 0 Å². The number of alkyl halides is 3. The topological polar surface area (TPSA) is 48.4 Å². The first-order valence-corrected chi connectivity index (χ1v) is 6.63. The van der Waals surface area contributed by atoms with E-state index in [1.54, 1.807) is 4.90 Å². The largest absolute Gasteiger partial charge is 0.416 e. The molecule has 20 heavy (non-hydrogen) atoms. The molecule has 2 rings (SSSR count). The van der Waals surface area contributed by atoms with Gasteiger partial charge in [0.15, 0.2) is 0 Å². The molecule has 1 aliphatic rings. The fourth-order valence-electron chi connectivity index (χ4n) is 2.37. The normalized spacial score (nSPS) is 19.3. The van der Waals surface area contributed by atoms with E-state index in [0.717, 1.165) is 37.7 Å². The molecule has 1 aromatic heterocycles. The van der Waals surface area contributed by atoms with E-state index in [1.165, 1.54) is 0 Å². The van der Waals surface area contributed by atoms with Gasteiger partial charge in [-0.05, 0) is 31.5 Å². The minimum atomic E-state index is -4.38. The monoisotopic (exact) mass is 289 g/mol. The lowest BCUT2D eigenvalue weighted by Gasteiger charge is -2.26. The molecule has 0 aliphatic carbocycles. The second-order valence-electron chi connectivity index (χ2n) is 4.86. The predicted molar refractivity (Wildman–Crippen MR) is 69.6 cm³/mol. The summed E-state index contributed by atoms with van der Waals surface area (Å²) in [5.41, 5.74) is -0.718. The van der Waals surface area contributed by atoms with Crippen LogP contribution in [-0.2, 0) is 6.18 Å². The molecule has 112 valence electrons. The lowest BCUT2D eigenvalue weighted by Crippen LogP contribution is -2.39. The number of rotatable bonds is 5. The number of halogens is 3. The van der Waals surface area contributed by atoms with Crippen LogP contribution < -0.4 is 10.2 Å². The lowest BCUT2D eigenvalue weighted by atomic mass is 10.2. The molecule has 0 radical (unpaired) electrons. The van der Waals surface area contributed by atoms with Gasteiger partial charge < -0.3 is 15.3 Å². The molecular weight excluding hydrogens is 271 g/mol. The highest BCUT2D eigenvalue weighted by molar-refractivity contribution is 5.42. The molecular formula is C13H18F3N3O. The third-order valence-corrected chi connectivity index (χ3v) is 3.37. The molecule has 1 aromatic rings. The van der Waals surface area contributed by atoms with Gasteiger partial charge in [-0.25, -0.2) is 4.98 Å². The van der Waals surface area contributed by atoms with Crippen molar-refractivity contribution in [3.63, 3.8) is 0 Å². The van der Waals surface area contributed by atoms with Crippen molar-refractivity contribution >= 4 is 5.82 Å². The van der Waals surface area contributed by atoms with Gasteiger partial charge in [-0.2, -0.15) is 13.2 Å². The third-order valence-electron chi connectivity index (χ3n) is 3.37. The average molecular weight is 289 g/mol. The van der Waals surface area contributed by atoms with E-state index < -0.39 is 11.7 Å². The third kappa shape index (κ3) is 3.83. The average Bonchev–Trinajstić information content (AvgIpc) is 2.90. The summed E-state index contributed by atoms with van der Waals surface area (Å²) in [5.74, 6) is 0.252. The van der Waals surface area contributed by atoms with Crippen LogP contribution in [0.25, 0.3) is 0 Å². The van der Waals surface area contributed by atoms with E-state index in [1.807, 2.05) is 0 Å². The molecule has 0 bridgehead atoms. The Bertz CT molecular complexity index is 433. The summed E-state index contributed by atoms with van der Waals surface area (Å²) in [4.78, 5) is 5.69. The molecule has 1 unspecified atom stereocenters. The number of nitrogens with one attached hydrogen (secondary N) is 1. The second kappa shape index (κ2) is 6.41. The second-order valence-corrected chi connectivity index (χ2v) is 4.86. The molecule has 1 aliphatic heterocycles. The maximum absolute atomic E-state index is 12.7. The van der Waals surface area contributed by atoms with Gasteiger partial charge in [0.2, 0.25) is 0 Å². The summed E-state index contributed by atoms with van der Waals surface area (Å²) >= 11 is 0. The summed E-state index contributed by atoms with van der Waals surface area (Å²) in [5, 5.41) is 12.4. The number of anilines is 1. The molecule has 0 saturated carbocycles. The van der Waals surface area contributed by atoms with Crippen LogP contribution in [-0.4, -0.2) is 42.4 Å². The predicted octanol–water partition coefficient (Wildman–Crippen LogP) is 1.65. The van der Waals surface area contributed by atoms with Crippen molar-refractivity contribution in [2.75, 3.05) is 31.1 Å². The Labute approximate surface area is 115 Å². The van der Waals surface area contributed by atoms with Gasteiger partial charge in [-0.1, -0.05) is 0 Å². The van der Waals surface area contributed by atoms with E-state index in [9.17, 15) is 13.2 Å². The number of hydrogen-bond acceptors (Lipinski definition) is 4. The summed E-state index contributed by atoms with van der Waals surface area (Å²) in [7, 11) is 0. The van der Waals surface area contributed by atoms with Gasteiger partial charge in [0, 0.05) is 25.3 Å². The van der Waals surface area contributed by atoms with Crippen LogP contribution >= 0.6 is 0 Å². The highest BCUT2D eigenvalue weighted by atomic mass is 19.4. The summed E-state index contributed by atoms with van der Waals surface area (Å²) in [6, 6.07) is 2.22. The fourth-order valence-corrected chi connectivity index (χ4v) is 2.37. The van der Waals surface area contributed by atoms with Crippen molar-refractivity contribution < 1.29 is 18.3 Å². The first-order valence-electron chi connectivity index (χ1n) is 6.63. The van der Waals surface area contributed by atoms with Gasteiger partial charge in [-0.15, -0.1) is 0 Å². The molecule has 7 heteroatoms. The van der Waals surface area contributed by atoms with Crippen LogP contribution in [0.5, 0.6) is 0 Å². The fraction of sp³-hybridized carbons (Fsp3) is 0.615. The summed E-state index contributed by atoms with van der Waals surface area (Å²) < 4.78 is 38.1. The summed E-state index contributed by atoms with van der Waals surface area (Å²) in [6.07, 6.45) is -1.17. The van der Waals surface area contributed by atoms with E-state index in [4.69, 9.17) is 5.11 Å². The molecule has 0 amide bonds. The van der Waals surface area contributed by atoms with Gasteiger partial charge in [0.25, 0.3) is 0 Å². The van der Waals surface area contributed by atoms with Crippen molar-refractivity contribution in [3.05, 3.63) is 23.9 Å². The molecule has 1 saturated heterocycles. The smallest absolute Gasteiger partial charge is 0.395 e. The van der Waals surface area contributed by atoms with Gasteiger partial charge >= 0.3 is 6.18 Å². The molecule has 1 fully saturated rings. The highest BCUT2D eigenvalue weighted by Crippen LogP contribution is 2.30. The Hall–Kier alpha value is -1.34. The lowest BCUT2D eigenvalue weighted by molar-refractivity contribution is -0.137. The van der Waals surface area contributed by atoms with Crippen LogP contribution in [0.15, 0.2) is 18.3 Å². The number of hydrogen-bond donors (Lipinski definition) is 2. The minimum Gasteiger partial charge on any atom is -0.395 e. The Morgan fingerprint density at radius 2 is 2.25 bits per heavy atom. The van der Waals surface area contributed by atoms with Gasteiger partial charge in [0.1, 0.15) is 5.82 Å². The van der Waals surface area contributed by atoms with Crippen LogP contribution in [0, 0.1) is 0 Å². The number of pyridine rings is 1. The maximum Gasteiger partial charge on any atom is 0.416 e. The molecule has 1 atom stereocenters. The van der Waals surface area contributed by atoms with Crippen LogP contribution in [0.3, 0.4) is 0 Å². The van der Waals surface area contributed by atoms with Crippen molar-refractivity contribution in [1.82, 2.24) is 10.3 Å². The zero-order chi connectivity index (χ0) is 14.6.